The van der Waals surface area contributed by atoms with Gasteiger partial charge in [0, 0.05) is 28.2 Å². The number of ether oxygens (including phenoxy) is 1. The zero-order chi connectivity index (χ0) is 20.5. The standard InChI is InChI=1S/C26H18N2O2/c27-15-20-23(17-9-3-1-4-10-17)26(24(29)18-11-5-2-6-12-18)30-25(20)21-16-28-22-14-8-7-13-19(21)22/h1-14,16,23,26,28H/t23-,26-/m0/s1. The number of rotatable bonds is 4. The summed E-state index contributed by atoms with van der Waals surface area (Å²) >= 11 is 0. The summed E-state index contributed by atoms with van der Waals surface area (Å²) in [5, 5.41) is 11.1. The minimum atomic E-state index is -0.798. The third-order valence-electron chi connectivity index (χ3n) is 5.53. The molecule has 1 N–H and O–H groups in total. The van der Waals surface area contributed by atoms with Crippen molar-refractivity contribution >= 4 is 22.4 Å². The van der Waals surface area contributed by atoms with Crippen molar-refractivity contribution in [3.63, 3.8) is 0 Å². The van der Waals surface area contributed by atoms with Gasteiger partial charge in [-0.2, -0.15) is 5.26 Å². The van der Waals surface area contributed by atoms with Crippen LogP contribution in [-0.4, -0.2) is 16.9 Å². The van der Waals surface area contributed by atoms with Crippen LogP contribution >= 0.6 is 0 Å². The molecule has 1 aliphatic heterocycles. The van der Waals surface area contributed by atoms with E-state index in [4.69, 9.17) is 4.74 Å². The van der Waals surface area contributed by atoms with Crippen molar-refractivity contribution in [3.8, 4) is 6.07 Å². The SMILES string of the molecule is N#CC1=C(c2c[nH]c3ccccc23)O[C@H](C(=O)c2ccccc2)[C@H]1c1ccccc1. The molecule has 30 heavy (non-hydrogen) atoms. The number of aromatic nitrogens is 1. The summed E-state index contributed by atoms with van der Waals surface area (Å²) in [7, 11) is 0. The molecule has 144 valence electrons. The quantitative estimate of drug-likeness (QED) is 0.470. The Morgan fingerprint density at radius 3 is 2.30 bits per heavy atom. The van der Waals surface area contributed by atoms with Crippen LogP contribution in [0.1, 0.15) is 27.4 Å². The molecule has 0 saturated heterocycles. The number of nitriles is 1. The van der Waals surface area contributed by atoms with Gasteiger partial charge in [0.25, 0.3) is 0 Å². The van der Waals surface area contributed by atoms with Crippen molar-refractivity contribution in [2.45, 2.75) is 12.0 Å². The number of H-pyrrole nitrogens is 1. The van der Waals surface area contributed by atoms with Crippen molar-refractivity contribution in [2.75, 3.05) is 0 Å². The summed E-state index contributed by atoms with van der Waals surface area (Å²) in [4.78, 5) is 16.6. The van der Waals surface area contributed by atoms with E-state index < -0.39 is 12.0 Å². The van der Waals surface area contributed by atoms with Crippen LogP contribution in [0.25, 0.3) is 16.7 Å². The Labute approximate surface area is 174 Å². The number of Topliss-reactive ketones (excluding diaryl/α,β-unsaturated/α-hetero) is 1. The minimum Gasteiger partial charge on any atom is -0.479 e. The normalized spacial score (nSPS) is 18.2. The Morgan fingerprint density at radius 2 is 1.57 bits per heavy atom. The Balaban J connectivity index is 1.67. The summed E-state index contributed by atoms with van der Waals surface area (Å²) in [6.45, 7) is 0. The fourth-order valence-corrected chi connectivity index (χ4v) is 4.11. The number of nitrogens with one attached hydrogen (secondary N) is 1. The van der Waals surface area contributed by atoms with Crippen LogP contribution in [-0.2, 0) is 4.74 Å². The molecule has 1 aliphatic rings. The van der Waals surface area contributed by atoms with E-state index in [2.05, 4.69) is 11.1 Å². The molecule has 4 heteroatoms. The van der Waals surface area contributed by atoms with Crippen molar-refractivity contribution in [3.05, 3.63) is 113 Å². The van der Waals surface area contributed by atoms with Gasteiger partial charge in [-0.25, -0.2) is 0 Å². The van der Waals surface area contributed by atoms with E-state index in [1.54, 1.807) is 12.1 Å². The highest BCUT2D eigenvalue weighted by molar-refractivity contribution is 6.03. The summed E-state index contributed by atoms with van der Waals surface area (Å²) in [6, 6.07) is 28.9. The van der Waals surface area contributed by atoms with Gasteiger partial charge in [0.1, 0.15) is 5.76 Å². The zero-order valence-electron chi connectivity index (χ0n) is 16.1. The molecule has 0 radical (unpaired) electrons. The van der Waals surface area contributed by atoms with Gasteiger partial charge in [-0.3, -0.25) is 4.79 Å². The fraction of sp³-hybridized carbons (Fsp3) is 0.0769. The monoisotopic (exact) mass is 390 g/mol. The van der Waals surface area contributed by atoms with Gasteiger partial charge in [0.05, 0.1) is 17.6 Å². The van der Waals surface area contributed by atoms with Gasteiger partial charge in [0.2, 0.25) is 5.78 Å². The molecule has 0 bridgehead atoms. The average molecular weight is 390 g/mol. The van der Waals surface area contributed by atoms with E-state index in [0.29, 0.717) is 16.9 Å². The van der Waals surface area contributed by atoms with Crippen LogP contribution in [0.5, 0.6) is 0 Å². The first-order valence-electron chi connectivity index (χ1n) is 9.79. The smallest absolute Gasteiger partial charge is 0.204 e. The van der Waals surface area contributed by atoms with Crippen LogP contribution in [0.15, 0.2) is 96.7 Å². The number of hydrogen-bond acceptors (Lipinski definition) is 3. The van der Waals surface area contributed by atoms with E-state index in [0.717, 1.165) is 22.0 Å². The van der Waals surface area contributed by atoms with Crippen molar-refractivity contribution in [1.29, 1.82) is 5.26 Å². The van der Waals surface area contributed by atoms with Gasteiger partial charge in [-0.05, 0) is 11.6 Å². The maximum atomic E-state index is 13.4. The highest BCUT2D eigenvalue weighted by atomic mass is 16.5. The first-order valence-corrected chi connectivity index (χ1v) is 9.79. The number of ketones is 1. The average Bonchev–Trinajstić information content (AvgIpc) is 3.41. The second kappa shape index (κ2) is 7.38. The van der Waals surface area contributed by atoms with Crippen LogP contribution in [0.2, 0.25) is 0 Å². The summed E-state index contributed by atoms with van der Waals surface area (Å²) in [6.07, 6.45) is 1.04. The van der Waals surface area contributed by atoms with E-state index in [-0.39, 0.29) is 5.78 Å². The number of hydrogen-bond donors (Lipinski definition) is 1. The lowest BCUT2D eigenvalue weighted by Gasteiger charge is -2.19. The van der Waals surface area contributed by atoms with Gasteiger partial charge < -0.3 is 9.72 Å². The summed E-state index contributed by atoms with van der Waals surface area (Å²) in [5.74, 6) is -0.127. The fourth-order valence-electron chi connectivity index (χ4n) is 4.11. The van der Waals surface area contributed by atoms with E-state index in [1.807, 2.05) is 79.0 Å². The number of carbonyl (C=O) groups excluding carboxylic acids is 1. The number of para-hydroxylation sites is 1. The van der Waals surface area contributed by atoms with Crippen LogP contribution in [0.4, 0.5) is 0 Å². The van der Waals surface area contributed by atoms with Gasteiger partial charge >= 0.3 is 0 Å². The topological polar surface area (TPSA) is 65.9 Å². The molecule has 0 unspecified atom stereocenters. The highest BCUT2D eigenvalue weighted by Gasteiger charge is 2.43. The zero-order valence-corrected chi connectivity index (χ0v) is 16.1. The lowest BCUT2D eigenvalue weighted by molar-refractivity contribution is 0.0754. The second-order valence-corrected chi connectivity index (χ2v) is 7.26. The largest absolute Gasteiger partial charge is 0.479 e. The van der Waals surface area contributed by atoms with Crippen LogP contribution < -0.4 is 0 Å². The molecule has 2 heterocycles. The van der Waals surface area contributed by atoms with Gasteiger partial charge in [0.15, 0.2) is 6.10 Å². The Kier molecular flexibility index (Phi) is 4.42. The number of fused-ring (bicyclic) bond motifs is 1. The lowest BCUT2D eigenvalue weighted by atomic mass is 9.84. The summed E-state index contributed by atoms with van der Waals surface area (Å²) < 4.78 is 6.29. The molecule has 0 fully saturated rings. The maximum Gasteiger partial charge on any atom is 0.204 e. The molecule has 2 atom stereocenters. The molecule has 0 spiro atoms. The van der Waals surface area contributed by atoms with E-state index in [9.17, 15) is 10.1 Å². The second-order valence-electron chi connectivity index (χ2n) is 7.26. The van der Waals surface area contributed by atoms with E-state index in [1.165, 1.54) is 0 Å². The van der Waals surface area contributed by atoms with Crippen LogP contribution in [0.3, 0.4) is 0 Å². The summed E-state index contributed by atoms with van der Waals surface area (Å²) in [5.41, 5.74) is 3.68. The third kappa shape index (κ3) is 2.89. The molecule has 0 saturated carbocycles. The first-order chi connectivity index (χ1) is 14.8. The molecule has 0 aliphatic carbocycles. The highest BCUT2D eigenvalue weighted by Crippen LogP contribution is 2.45. The van der Waals surface area contributed by atoms with Crippen molar-refractivity contribution < 1.29 is 9.53 Å². The van der Waals surface area contributed by atoms with E-state index >= 15 is 0 Å². The molecule has 0 amide bonds. The Morgan fingerprint density at radius 1 is 0.900 bits per heavy atom. The molecule has 1 aromatic heterocycles. The molecule has 4 aromatic rings. The predicted octanol–water partition coefficient (Wildman–Crippen LogP) is 5.47. The van der Waals surface area contributed by atoms with Crippen molar-refractivity contribution in [2.24, 2.45) is 0 Å². The van der Waals surface area contributed by atoms with Crippen molar-refractivity contribution in [1.82, 2.24) is 4.98 Å². The molecular formula is C26H18N2O2. The predicted molar refractivity (Wildman–Crippen MR) is 116 cm³/mol. The van der Waals surface area contributed by atoms with Gasteiger partial charge in [-0.1, -0.05) is 78.9 Å². The molecule has 5 rings (SSSR count). The molecular weight excluding hydrogens is 372 g/mol. The Hall–Kier alpha value is -4.10. The minimum absolute atomic E-state index is 0.132. The van der Waals surface area contributed by atoms with Gasteiger partial charge in [-0.15, -0.1) is 0 Å². The number of carbonyl (C=O) groups is 1. The molecule has 4 nitrogen and oxygen atoms in total. The third-order valence-corrected chi connectivity index (χ3v) is 5.53. The van der Waals surface area contributed by atoms with Crippen LogP contribution in [0, 0.1) is 11.3 Å². The number of aromatic amines is 1. The lowest BCUT2D eigenvalue weighted by Crippen LogP contribution is -2.27. The Bertz CT molecular complexity index is 1300. The maximum absolute atomic E-state index is 13.4. The molecule has 3 aromatic carbocycles. The number of nitrogens with zero attached hydrogens (tertiary/aromatic N) is 1. The number of benzene rings is 3. The first kappa shape index (κ1) is 18.0.